The zero-order valence-corrected chi connectivity index (χ0v) is 9.45. The van der Waals surface area contributed by atoms with Crippen molar-refractivity contribution in [1.82, 2.24) is 4.98 Å². The molecule has 0 radical (unpaired) electrons. The van der Waals surface area contributed by atoms with Crippen molar-refractivity contribution in [2.45, 2.75) is 12.4 Å². The fourth-order valence-electron chi connectivity index (χ4n) is 0.833. The first-order chi connectivity index (χ1) is 7.59. The maximum absolute atomic E-state index is 12.2. The quantitative estimate of drug-likeness (QED) is 0.772. The van der Waals surface area contributed by atoms with Crippen molar-refractivity contribution in [2.75, 3.05) is 6.61 Å². The maximum atomic E-state index is 12.2. The molecule has 0 saturated heterocycles. The van der Waals surface area contributed by atoms with Crippen molar-refractivity contribution in [3.8, 4) is 5.88 Å². The summed E-state index contributed by atoms with van der Waals surface area (Å²) in [6.45, 7) is -1.71. The molecule has 0 aliphatic heterocycles. The Labute approximate surface area is 99.7 Å². The molecular weight excluding hydrogens is 320 g/mol. The highest BCUT2D eigenvalue weighted by molar-refractivity contribution is 9.10. The second-order valence-electron chi connectivity index (χ2n) is 2.89. The van der Waals surface area contributed by atoms with Crippen molar-refractivity contribution in [1.29, 1.82) is 0 Å². The average Bonchev–Trinajstić information content (AvgIpc) is 2.13. The summed E-state index contributed by atoms with van der Waals surface area (Å²) >= 11 is 2.74. The monoisotopic (exact) mass is 323 g/mol. The standard InChI is InChI=1S/C8H4BrF6NO/c9-4-1-2-5(8(13,14)15)16-6(4)17-3-7(10,11)12/h1-2H,3H2. The minimum absolute atomic E-state index is 0.0882. The number of ether oxygens (including phenoxy) is 1. The lowest BCUT2D eigenvalue weighted by Gasteiger charge is -2.12. The molecule has 0 fully saturated rings. The molecule has 0 N–H and O–H groups in total. The Morgan fingerprint density at radius 1 is 1.12 bits per heavy atom. The first kappa shape index (κ1) is 14.1. The molecule has 0 atom stereocenters. The van der Waals surface area contributed by atoms with Gasteiger partial charge in [-0.2, -0.15) is 26.3 Å². The van der Waals surface area contributed by atoms with Crippen LogP contribution in [0.25, 0.3) is 0 Å². The molecular formula is C8H4BrF6NO. The van der Waals surface area contributed by atoms with E-state index in [9.17, 15) is 26.3 Å². The molecule has 0 aromatic carbocycles. The van der Waals surface area contributed by atoms with E-state index in [4.69, 9.17) is 0 Å². The highest BCUT2D eigenvalue weighted by Gasteiger charge is 2.34. The van der Waals surface area contributed by atoms with Gasteiger partial charge < -0.3 is 4.74 Å². The molecule has 0 saturated carbocycles. The van der Waals surface area contributed by atoms with Crippen molar-refractivity contribution in [2.24, 2.45) is 0 Å². The zero-order chi connectivity index (χ0) is 13.3. The lowest BCUT2D eigenvalue weighted by molar-refractivity contribution is -0.155. The van der Waals surface area contributed by atoms with Gasteiger partial charge in [0.2, 0.25) is 5.88 Å². The Balaban J connectivity index is 2.92. The Morgan fingerprint density at radius 2 is 1.71 bits per heavy atom. The van der Waals surface area contributed by atoms with Crippen LogP contribution >= 0.6 is 15.9 Å². The Kier molecular flexibility index (Phi) is 3.90. The Morgan fingerprint density at radius 3 is 2.18 bits per heavy atom. The van der Waals surface area contributed by atoms with Crippen LogP contribution in [0.15, 0.2) is 16.6 Å². The lowest BCUT2D eigenvalue weighted by atomic mass is 10.3. The van der Waals surface area contributed by atoms with Crippen LogP contribution < -0.4 is 4.74 Å². The topological polar surface area (TPSA) is 22.1 Å². The van der Waals surface area contributed by atoms with E-state index in [1.54, 1.807) is 0 Å². The van der Waals surface area contributed by atoms with E-state index in [-0.39, 0.29) is 4.47 Å². The number of aromatic nitrogens is 1. The number of hydrogen-bond acceptors (Lipinski definition) is 2. The second-order valence-corrected chi connectivity index (χ2v) is 3.74. The van der Waals surface area contributed by atoms with Gasteiger partial charge in [-0.25, -0.2) is 4.98 Å². The first-order valence-corrected chi connectivity index (χ1v) is 4.82. The number of nitrogens with zero attached hydrogens (tertiary/aromatic N) is 1. The molecule has 0 aliphatic rings. The Hall–Kier alpha value is -0.990. The Bertz CT molecular complexity index is 402. The van der Waals surface area contributed by atoms with Gasteiger partial charge in [0, 0.05) is 0 Å². The molecule has 2 nitrogen and oxygen atoms in total. The highest BCUT2D eigenvalue weighted by Crippen LogP contribution is 2.32. The first-order valence-electron chi connectivity index (χ1n) is 4.03. The summed E-state index contributed by atoms with van der Waals surface area (Å²) < 4.78 is 76.2. The van der Waals surface area contributed by atoms with Gasteiger partial charge in [-0.15, -0.1) is 0 Å². The molecule has 0 aliphatic carbocycles. The number of hydrogen-bond donors (Lipinski definition) is 0. The molecule has 0 amide bonds. The molecule has 0 unspecified atom stereocenters. The number of halogens is 7. The summed E-state index contributed by atoms with van der Waals surface area (Å²) in [7, 11) is 0. The molecule has 96 valence electrons. The van der Waals surface area contributed by atoms with Crippen LogP contribution in [-0.4, -0.2) is 17.8 Å². The molecule has 0 spiro atoms. The summed E-state index contributed by atoms with van der Waals surface area (Å²) in [5, 5.41) is 0. The third-order valence-corrected chi connectivity index (χ3v) is 2.08. The number of alkyl halides is 6. The van der Waals surface area contributed by atoms with Crippen molar-refractivity contribution in [3.63, 3.8) is 0 Å². The van der Waals surface area contributed by atoms with Crippen LogP contribution in [-0.2, 0) is 6.18 Å². The van der Waals surface area contributed by atoms with E-state index in [0.717, 1.165) is 6.07 Å². The fraction of sp³-hybridized carbons (Fsp3) is 0.375. The minimum atomic E-state index is -4.74. The minimum Gasteiger partial charge on any atom is -0.467 e. The maximum Gasteiger partial charge on any atom is 0.433 e. The number of pyridine rings is 1. The number of rotatable bonds is 2. The van der Waals surface area contributed by atoms with Crippen LogP contribution in [0.2, 0.25) is 0 Å². The van der Waals surface area contributed by atoms with Gasteiger partial charge in [-0.1, -0.05) is 0 Å². The summed E-state index contributed by atoms with van der Waals surface area (Å²) in [6.07, 6.45) is -9.38. The van der Waals surface area contributed by atoms with Crippen LogP contribution in [0.1, 0.15) is 5.69 Å². The summed E-state index contributed by atoms with van der Waals surface area (Å²) in [5.41, 5.74) is -1.32. The van der Waals surface area contributed by atoms with Gasteiger partial charge in [0.15, 0.2) is 6.61 Å². The van der Waals surface area contributed by atoms with Gasteiger partial charge in [-0.3, -0.25) is 0 Å². The third kappa shape index (κ3) is 4.41. The average molecular weight is 324 g/mol. The lowest BCUT2D eigenvalue weighted by Crippen LogP contribution is -2.20. The predicted octanol–water partition coefficient (Wildman–Crippen LogP) is 3.80. The van der Waals surface area contributed by atoms with E-state index in [1.807, 2.05) is 0 Å². The van der Waals surface area contributed by atoms with Gasteiger partial charge in [0.1, 0.15) is 5.69 Å². The fourth-order valence-corrected chi connectivity index (χ4v) is 1.17. The molecule has 1 heterocycles. The molecule has 1 rings (SSSR count). The van der Waals surface area contributed by atoms with E-state index < -0.39 is 30.5 Å². The van der Waals surface area contributed by atoms with Gasteiger partial charge in [-0.05, 0) is 28.1 Å². The van der Waals surface area contributed by atoms with Crippen molar-refractivity contribution >= 4 is 15.9 Å². The zero-order valence-electron chi connectivity index (χ0n) is 7.86. The van der Waals surface area contributed by atoms with Crippen LogP contribution in [0.4, 0.5) is 26.3 Å². The normalized spacial score (nSPS) is 12.6. The highest BCUT2D eigenvalue weighted by atomic mass is 79.9. The molecule has 1 aromatic heterocycles. The van der Waals surface area contributed by atoms with Gasteiger partial charge in [0.05, 0.1) is 4.47 Å². The molecule has 1 aromatic rings. The van der Waals surface area contributed by atoms with Crippen molar-refractivity contribution < 1.29 is 31.1 Å². The van der Waals surface area contributed by atoms with E-state index in [1.165, 1.54) is 0 Å². The van der Waals surface area contributed by atoms with Crippen LogP contribution in [0.5, 0.6) is 5.88 Å². The molecule has 9 heteroatoms. The van der Waals surface area contributed by atoms with Gasteiger partial charge in [0.25, 0.3) is 0 Å². The molecule has 0 bridgehead atoms. The second kappa shape index (κ2) is 4.71. The summed E-state index contributed by atoms with van der Waals surface area (Å²) in [5.74, 6) is -0.753. The van der Waals surface area contributed by atoms with Crippen LogP contribution in [0.3, 0.4) is 0 Å². The molecule has 17 heavy (non-hydrogen) atoms. The van der Waals surface area contributed by atoms with E-state index in [0.29, 0.717) is 6.07 Å². The van der Waals surface area contributed by atoms with Gasteiger partial charge >= 0.3 is 12.4 Å². The van der Waals surface area contributed by atoms with E-state index >= 15 is 0 Å². The van der Waals surface area contributed by atoms with E-state index in [2.05, 4.69) is 25.7 Å². The SMILES string of the molecule is FC(F)(F)COc1nc(C(F)(F)F)ccc1Br. The van der Waals surface area contributed by atoms with Crippen LogP contribution in [0, 0.1) is 0 Å². The third-order valence-electron chi connectivity index (χ3n) is 1.48. The smallest absolute Gasteiger partial charge is 0.433 e. The largest absolute Gasteiger partial charge is 0.467 e. The summed E-state index contributed by atoms with van der Waals surface area (Å²) in [6, 6.07) is 1.55. The predicted molar refractivity (Wildman–Crippen MR) is 48.5 cm³/mol. The van der Waals surface area contributed by atoms with Crippen molar-refractivity contribution in [3.05, 3.63) is 22.3 Å². The summed E-state index contributed by atoms with van der Waals surface area (Å²) in [4.78, 5) is 2.95.